The van der Waals surface area contributed by atoms with Crippen LogP contribution in [0.1, 0.15) is 31.4 Å². The first-order chi connectivity index (χ1) is 7.33. The summed E-state index contributed by atoms with van der Waals surface area (Å²) in [5.74, 6) is 0.183. The Balaban J connectivity index is 2.18. The lowest BCUT2D eigenvalue weighted by atomic mass is 9.91. The lowest BCUT2D eigenvalue weighted by Crippen LogP contribution is -2.27. The van der Waals surface area contributed by atoms with E-state index in [9.17, 15) is 4.79 Å². The highest BCUT2D eigenvalue weighted by Gasteiger charge is 2.34. The van der Waals surface area contributed by atoms with Crippen molar-refractivity contribution in [1.29, 1.82) is 0 Å². The second kappa shape index (κ2) is 4.45. The summed E-state index contributed by atoms with van der Waals surface area (Å²) < 4.78 is 0. The third kappa shape index (κ3) is 2.02. The highest BCUT2D eigenvalue weighted by Crippen LogP contribution is 2.28. The summed E-state index contributed by atoms with van der Waals surface area (Å²) in [4.78, 5) is 11.6. The zero-order valence-electron chi connectivity index (χ0n) is 8.86. The molecular weight excluding hydrogens is 188 g/mol. The number of carbonyl (C=O) groups excluding carboxylic acids is 1. The van der Waals surface area contributed by atoms with Crippen molar-refractivity contribution in [3.05, 3.63) is 35.9 Å². The number of hydrogen-bond acceptors (Lipinski definition) is 2. The minimum atomic E-state index is 0.0670. The number of amides is 1. The standard InChI is InChI=1S/C12H16N2O/c1-2-6-10-11(13-14-12(10)15)9-7-4-3-5-8-9/h3-5,7-8,10-11,13H,2,6H2,1H3,(H,14,15). The maximum Gasteiger partial charge on any atom is 0.239 e. The molecule has 15 heavy (non-hydrogen) atoms. The van der Waals surface area contributed by atoms with Crippen LogP contribution in [0, 0.1) is 5.92 Å². The topological polar surface area (TPSA) is 41.1 Å². The second-order valence-electron chi connectivity index (χ2n) is 3.92. The van der Waals surface area contributed by atoms with Crippen molar-refractivity contribution in [2.75, 3.05) is 0 Å². The molecule has 1 aliphatic heterocycles. The molecule has 0 aromatic heterocycles. The van der Waals surface area contributed by atoms with Gasteiger partial charge in [0.2, 0.25) is 5.91 Å². The molecule has 80 valence electrons. The molecule has 0 aliphatic carbocycles. The lowest BCUT2D eigenvalue weighted by molar-refractivity contribution is -0.123. The number of rotatable bonds is 3. The maximum atomic E-state index is 11.6. The van der Waals surface area contributed by atoms with Gasteiger partial charge >= 0.3 is 0 Å². The van der Waals surface area contributed by atoms with Crippen LogP contribution in [0.2, 0.25) is 0 Å². The summed E-state index contributed by atoms with van der Waals surface area (Å²) in [6.07, 6.45) is 1.96. The molecule has 1 aliphatic rings. The highest BCUT2D eigenvalue weighted by molar-refractivity contribution is 5.81. The van der Waals surface area contributed by atoms with E-state index in [1.54, 1.807) is 0 Å². The number of benzene rings is 1. The normalized spacial score (nSPS) is 25.3. The van der Waals surface area contributed by atoms with E-state index in [0.29, 0.717) is 0 Å². The van der Waals surface area contributed by atoms with E-state index in [2.05, 4.69) is 29.9 Å². The predicted molar refractivity (Wildman–Crippen MR) is 58.9 cm³/mol. The van der Waals surface area contributed by atoms with Crippen molar-refractivity contribution >= 4 is 5.91 Å². The van der Waals surface area contributed by atoms with Gasteiger partial charge in [0.15, 0.2) is 0 Å². The van der Waals surface area contributed by atoms with E-state index in [-0.39, 0.29) is 17.9 Å². The molecule has 3 heteroatoms. The number of carbonyl (C=O) groups is 1. The van der Waals surface area contributed by atoms with Gasteiger partial charge in [-0.25, -0.2) is 5.43 Å². The van der Waals surface area contributed by atoms with Crippen molar-refractivity contribution in [2.24, 2.45) is 5.92 Å². The fraction of sp³-hybridized carbons (Fsp3) is 0.417. The Bertz CT molecular complexity index is 337. The summed E-state index contributed by atoms with van der Waals surface area (Å²) in [5.41, 5.74) is 6.95. The van der Waals surface area contributed by atoms with Gasteiger partial charge in [-0.1, -0.05) is 43.7 Å². The van der Waals surface area contributed by atoms with Gasteiger partial charge in [-0.3, -0.25) is 10.2 Å². The Morgan fingerprint density at radius 1 is 1.27 bits per heavy atom. The molecular formula is C12H16N2O. The van der Waals surface area contributed by atoms with Crippen LogP contribution in [0.3, 0.4) is 0 Å². The Labute approximate surface area is 89.8 Å². The molecule has 3 nitrogen and oxygen atoms in total. The quantitative estimate of drug-likeness (QED) is 0.788. The zero-order valence-corrected chi connectivity index (χ0v) is 8.86. The zero-order chi connectivity index (χ0) is 10.7. The van der Waals surface area contributed by atoms with Gasteiger partial charge in [0.1, 0.15) is 0 Å². The SMILES string of the molecule is CCCC1C(=O)NNC1c1ccccc1. The molecule has 0 saturated carbocycles. The molecule has 1 fully saturated rings. The molecule has 1 saturated heterocycles. The molecule has 0 radical (unpaired) electrons. The molecule has 2 rings (SSSR count). The molecule has 1 heterocycles. The first-order valence-electron chi connectivity index (χ1n) is 5.43. The van der Waals surface area contributed by atoms with Crippen LogP contribution < -0.4 is 10.9 Å². The van der Waals surface area contributed by atoms with E-state index >= 15 is 0 Å². The first-order valence-corrected chi connectivity index (χ1v) is 5.43. The molecule has 1 aromatic rings. The van der Waals surface area contributed by atoms with Gasteiger partial charge < -0.3 is 0 Å². The van der Waals surface area contributed by atoms with Crippen LogP contribution in [0.5, 0.6) is 0 Å². The van der Waals surface area contributed by atoms with E-state index in [1.165, 1.54) is 5.56 Å². The van der Waals surface area contributed by atoms with Crippen LogP contribution in [0.25, 0.3) is 0 Å². The monoisotopic (exact) mass is 204 g/mol. The number of hydrazine groups is 1. The Kier molecular flexibility index (Phi) is 3.02. The Morgan fingerprint density at radius 3 is 2.67 bits per heavy atom. The number of nitrogens with one attached hydrogen (secondary N) is 2. The molecule has 0 spiro atoms. The first kappa shape index (κ1) is 10.2. The second-order valence-corrected chi connectivity index (χ2v) is 3.92. The van der Waals surface area contributed by atoms with Gasteiger partial charge in [-0.05, 0) is 12.0 Å². The molecule has 0 bridgehead atoms. The average Bonchev–Trinajstić information content (AvgIpc) is 2.63. The van der Waals surface area contributed by atoms with Crippen LogP contribution in [0.4, 0.5) is 0 Å². The van der Waals surface area contributed by atoms with Crippen molar-refractivity contribution in [2.45, 2.75) is 25.8 Å². The van der Waals surface area contributed by atoms with Gasteiger partial charge in [-0.2, -0.15) is 0 Å². The molecule has 1 aromatic carbocycles. The Hall–Kier alpha value is -1.35. The van der Waals surface area contributed by atoms with Crippen molar-refractivity contribution in [1.82, 2.24) is 10.9 Å². The summed E-state index contributed by atoms with van der Waals surface area (Å²) >= 11 is 0. The number of hydrogen-bond donors (Lipinski definition) is 2. The van der Waals surface area contributed by atoms with Crippen LogP contribution >= 0.6 is 0 Å². The van der Waals surface area contributed by atoms with Crippen LogP contribution in [-0.4, -0.2) is 5.91 Å². The van der Waals surface area contributed by atoms with Crippen LogP contribution in [0.15, 0.2) is 30.3 Å². The molecule has 2 atom stereocenters. The van der Waals surface area contributed by atoms with E-state index in [1.807, 2.05) is 18.2 Å². The molecule has 2 N–H and O–H groups in total. The van der Waals surface area contributed by atoms with Gasteiger partial charge in [-0.15, -0.1) is 0 Å². The van der Waals surface area contributed by atoms with E-state index in [4.69, 9.17) is 0 Å². The van der Waals surface area contributed by atoms with Gasteiger partial charge in [0.25, 0.3) is 0 Å². The summed E-state index contributed by atoms with van der Waals surface area (Å²) in [7, 11) is 0. The van der Waals surface area contributed by atoms with Crippen LogP contribution in [-0.2, 0) is 4.79 Å². The maximum absolute atomic E-state index is 11.6. The third-order valence-corrected chi connectivity index (χ3v) is 2.85. The van der Waals surface area contributed by atoms with Gasteiger partial charge in [0, 0.05) is 0 Å². The minimum Gasteiger partial charge on any atom is -0.291 e. The van der Waals surface area contributed by atoms with Crippen molar-refractivity contribution in [3.63, 3.8) is 0 Å². The fourth-order valence-electron chi connectivity index (χ4n) is 2.08. The Morgan fingerprint density at radius 2 is 2.00 bits per heavy atom. The van der Waals surface area contributed by atoms with E-state index < -0.39 is 0 Å². The summed E-state index contributed by atoms with van der Waals surface area (Å²) in [5, 5.41) is 0. The third-order valence-electron chi connectivity index (χ3n) is 2.85. The average molecular weight is 204 g/mol. The summed E-state index contributed by atoms with van der Waals surface area (Å²) in [6.45, 7) is 2.10. The lowest BCUT2D eigenvalue weighted by Gasteiger charge is -2.15. The van der Waals surface area contributed by atoms with Crippen molar-refractivity contribution < 1.29 is 4.79 Å². The highest BCUT2D eigenvalue weighted by atomic mass is 16.2. The smallest absolute Gasteiger partial charge is 0.239 e. The van der Waals surface area contributed by atoms with Crippen molar-refractivity contribution in [3.8, 4) is 0 Å². The fourth-order valence-corrected chi connectivity index (χ4v) is 2.08. The largest absolute Gasteiger partial charge is 0.291 e. The molecule has 2 unspecified atom stereocenters. The summed E-state index contributed by atoms with van der Waals surface area (Å²) in [6, 6.07) is 10.2. The minimum absolute atomic E-state index is 0.0670. The van der Waals surface area contributed by atoms with Gasteiger partial charge in [0.05, 0.1) is 12.0 Å². The van der Waals surface area contributed by atoms with E-state index in [0.717, 1.165) is 12.8 Å². The predicted octanol–water partition coefficient (Wildman–Crippen LogP) is 1.78. The molecule has 1 amide bonds.